The van der Waals surface area contributed by atoms with Crippen LogP contribution >= 0.6 is 11.8 Å². The van der Waals surface area contributed by atoms with Crippen molar-refractivity contribution in [2.75, 3.05) is 11.5 Å². The first kappa shape index (κ1) is 9.99. The van der Waals surface area contributed by atoms with Gasteiger partial charge >= 0.3 is 0 Å². The zero-order chi connectivity index (χ0) is 10.2. The van der Waals surface area contributed by atoms with Gasteiger partial charge < -0.3 is 5.11 Å². The van der Waals surface area contributed by atoms with Crippen LogP contribution < -0.4 is 0 Å². The van der Waals surface area contributed by atoms with Crippen LogP contribution in [0.3, 0.4) is 0 Å². The minimum absolute atomic E-state index is 0.234. The van der Waals surface area contributed by atoms with Crippen LogP contribution in [0.5, 0.6) is 0 Å². The van der Waals surface area contributed by atoms with E-state index in [0.717, 1.165) is 11.3 Å². The highest BCUT2D eigenvalue weighted by Gasteiger charge is 2.40. The molecule has 2 rings (SSSR count). The molecule has 3 heteroatoms. The summed E-state index contributed by atoms with van der Waals surface area (Å²) in [5, 5.41) is 10.4. The molecule has 1 nitrogen and oxygen atoms in total. The van der Waals surface area contributed by atoms with E-state index >= 15 is 0 Å². The van der Waals surface area contributed by atoms with E-state index in [1.54, 1.807) is 23.9 Å². The Labute approximate surface area is 87.3 Å². The SMILES string of the molecule is C[C@H]1CSC[C@]1(O)c1ccc(F)cc1. The maximum absolute atomic E-state index is 12.7. The van der Waals surface area contributed by atoms with Crippen molar-refractivity contribution in [2.45, 2.75) is 12.5 Å². The molecule has 1 aromatic carbocycles. The molecular formula is C11H13FOS. The fraction of sp³-hybridized carbons (Fsp3) is 0.455. The van der Waals surface area contributed by atoms with Crippen LogP contribution in [0.2, 0.25) is 0 Å². The lowest BCUT2D eigenvalue weighted by Gasteiger charge is -2.27. The van der Waals surface area contributed by atoms with Gasteiger partial charge in [0.2, 0.25) is 0 Å². The number of halogens is 1. The Morgan fingerprint density at radius 3 is 2.57 bits per heavy atom. The molecule has 1 heterocycles. The second-order valence-electron chi connectivity index (χ2n) is 3.85. The van der Waals surface area contributed by atoms with Crippen LogP contribution in [0.15, 0.2) is 24.3 Å². The van der Waals surface area contributed by atoms with Gasteiger partial charge in [0.15, 0.2) is 0 Å². The molecule has 0 aliphatic carbocycles. The van der Waals surface area contributed by atoms with E-state index in [1.807, 2.05) is 6.92 Å². The van der Waals surface area contributed by atoms with Gasteiger partial charge in [0, 0.05) is 5.75 Å². The maximum atomic E-state index is 12.7. The Kier molecular flexibility index (Phi) is 2.54. The van der Waals surface area contributed by atoms with Gasteiger partial charge in [-0.2, -0.15) is 11.8 Å². The Balaban J connectivity index is 2.34. The van der Waals surface area contributed by atoms with Crippen molar-refractivity contribution in [3.8, 4) is 0 Å². The lowest BCUT2D eigenvalue weighted by molar-refractivity contribution is 0.0234. The number of rotatable bonds is 1. The fourth-order valence-electron chi connectivity index (χ4n) is 1.78. The third-order valence-electron chi connectivity index (χ3n) is 2.85. The lowest BCUT2D eigenvalue weighted by Crippen LogP contribution is -2.32. The summed E-state index contributed by atoms with van der Waals surface area (Å²) in [7, 11) is 0. The summed E-state index contributed by atoms with van der Waals surface area (Å²) in [4.78, 5) is 0. The molecular weight excluding hydrogens is 199 g/mol. The van der Waals surface area contributed by atoms with E-state index < -0.39 is 5.60 Å². The van der Waals surface area contributed by atoms with Gasteiger partial charge in [0.05, 0.1) is 0 Å². The van der Waals surface area contributed by atoms with Crippen molar-refractivity contribution in [3.63, 3.8) is 0 Å². The molecule has 1 aromatic rings. The molecule has 76 valence electrons. The monoisotopic (exact) mass is 212 g/mol. The molecule has 1 fully saturated rings. The van der Waals surface area contributed by atoms with Crippen molar-refractivity contribution < 1.29 is 9.50 Å². The number of thioether (sulfide) groups is 1. The van der Waals surface area contributed by atoms with Crippen LogP contribution in [0, 0.1) is 11.7 Å². The van der Waals surface area contributed by atoms with Crippen molar-refractivity contribution >= 4 is 11.8 Å². The predicted molar refractivity (Wildman–Crippen MR) is 56.8 cm³/mol. The predicted octanol–water partition coefficient (Wildman–Crippen LogP) is 2.40. The molecule has 0 spiro atoms. The summed E-state index contributed by atoms with van der Waals surface area (Å²) in [5.41, 5.74) is 0.0645. The second kappa shape index (κ2) is 3.55. The Bertz CT molecular complexity index is 325. The largest absolute Gasteiger partial charge is 0.384 e. The summed E-state index contributed by atoms with van der Waals surface area (Å²) in [6.45, 7) is 2.03. The first-order chi connectivity index (χ1) is 6.63. The smallest absolute Gasteiger partial charge is 0.123 e. The molecule has 0 saturated carbocycles. The van der Waals surface area contributed by atoms with Crippen LogP contribution in [-0.4, -0.2) is 16.6 Å². The number of benzene rings is 1. The zero-order valence-corrected chi connectivity index (χ0v) is 8.85. The van der Waals surface area contributed by atoms with Crippen LogP contribution in [-0.2, 0) is 5.60 Å². The normalized spacial score (nSPS) is 32.1. The first-order valence-corrected chi connectivity index (χ1v) is 5.84. The van der Waals surface area contributed by atoms with Gasteiger partial charge in [-0.25, -0.2) is 4.39 Å². The van der Waals surface area contributed by atoms with E-state index in [2.05, 4.69) is 0 Å². The van der Waals surface area contributed by atoms with Gasteiger partial charge in [-0.3, -0.25) is 0 Å². The molecule has 0 unspecified atom stereocenters. The van der Waals surface area contributed by atoms with Crippen LogP contribution in [0.1, 0.15) is 12.5 Å². The first-order valence-electron chi connectivity index (χ1n) is 4.69. The molecule has 14 heavy (non-hydrogen) atoms. The molecule has 0 amide bonds. The zero-order valence-electron chi connectivity index (χ0n) is 8.03. The highest BCUT2D eigenvalue weighted by molar-refractivity contribution is 7.99. The van der Waals surface area contributed by atoms with Crippen molar-refractivity contribution in [2.24, 2.45) is 5.92 Å². The number of aliphatic hydroxyl groups is 1. The van der Waals surface area contributed by atoms with Crippen LogP contribution in [0.4, 0.5) is 4.39 Å². The van der Waals surface area contributed by atoms with E-state index in [4.69, 9.17) is 0 Å². The number of hydrogen-bond donors (Lipinski definition) is 1. The minimum Gasteiger partial charge on any atom is -0.384 e. The summed E-state index contributed by atoms with van der Waals surface area (Å²) >= 11 is 1.74. The molecule has 1 aliphatic rings. The van der Waals surface area contributed by atoms with E-state index in [9.17, 15) is 9.50 Å². The van der Waals surface area contributed by atoms with Gasteiger partial charge in [-0.1, -0.05) is 19.1 Å². The molecule has 0 aromatic heterocycles. The quantitative estimate of drug-likeness (QED) is 0.771. The average molecular weight is 212 g/mol. The lowest BCUT2D eigenvalue weighted by atomic mass is 9.85. The third kappa shape index (κ3) is 1.55. The Morgan fingerprint density at radius 1 is 1.43 bits per heavy atom. The minimum atomic E-state index is -0.766. The van der Waals surface area contributed by atoms with Crippen molar-refractivity contribution in [1.82, 2.24) is 0 Å². The summed E-state index contributed by atoms with van der Waals surface area (Å²) in [5.74, 6) is 1.65. The standard InChI is InChI=1S/C11H13FOS/c1-8-6-14-7-11(8,13)9-2-4-10(12)5-3-9/h2-5,8,13H,6-7H2,1H3/t8-,11+/m0/s1. The second-order valence-corrected chi connectivity index (χ2v) is 4.88. The summed E-state index contributed by atoms with van der Waals surface area (Å²) in [6, 6.07) is 6.17. The molecule has 1 aliphatic heterocycles. The highest BCUT2D eigenvalue weighted by Crippen LogP contribution is 2.41. The molecule has 0 bridgehead atoms. The van der Waals surface area contributed by atoms with Gasteiger partial charge in [0.1, 0.15) is 11.4 Å². The third-order valence-corrected chi connectivity index (χ3v) is 4.23. The van der Waals surface area contributed by atoms with Gasteiger partial charge in [-0.05, 0) is 29.4 Å². The molecule has 0 radical (unpaired) electrons. The Hall–Kier alpha value is -0.540. The van der Waals surface area contributed by atoms with Crippen molar-refractivity contribution in [3.05, 3.63) is 35.6 Å². The summed E-state index contributed by atoms with van der Waals surface area (Å²) < 4.78 is 12.7. The van der Waals surface area contributed by atoms with E-state index in [-0.39, 0.29) is 11.7 Å². The average Bonchev–Trinajstić information content (AvgIpc) is 2.49. The Morgan fingerprint density at radius 2 is 2.07 bits per heavy atom. The number of hydrogen-bond acceptors (Lipinski definition) is 2. The highest BCUT2D eigenvalue weighted by atomic mass is 32.2. The van der Waals surface area contributed by atoms with E-state index in [1.165, 1.54) is 12.1 Å². The molecule has 1 saturated heterocycles. The molecule has 2 atom stereocenters. The van der Waals surface area contributed by atoms with E-state index in [0.29, 0.717) is 5.75 Å². The fourth-order valence-corrected chi connectivity index (χ4v) is 3.29. The van der Waals surface area contributed by atoms with Crippen molar-refractivity contribution in [1.29, 1.82) is 0 Å². The maximum Gasteiger partial charge on any atom is 0.123 e. The topological polar surface area (TPSA) is 20.2 Å². The van der Waals surface area contributed by atoms with Crippen LogP contribution in [0.25, 0.3) is 0 Å². The van der Waals surface area contributed by atoms with Gasteiger partial charge in [-0.15, -0.1) is 0 Å². The van der Waals surface area contributed by atoms with Gasteiger partial charge in [0.25, 0.3) is 0 Å². The summed E-state index contributed by atoms with van der Waals surface area (Å²) in [6.07, 6.45) is 0. The molecule has 1 N–H and O–H groups in total.